The Kier molecular flexibility index (Phi) is 6.79. The summed E-state index contributed by atoms with van der Waals surface area (Å²) in [5.74, 6) is 0. The number of hydrogen-bond acceptors (Lipinski definition) is 2. The van der Waals surface area contributed by atoms with E-state index >= 15 is 0 Å². The molecule has 60 valence electrons. The van der Waals surface area contributed by atoms with Gasteiger partial charge in [-0.05, 0) is 19.8 Å². The van der Waals surface area contributed by atoms with Gasteiger partial charge in [0, 0.05) is 0 Å². The van der Waals surface area contributed by atoms with Gasteiger partial charge in [0.2, 0.25) is 0 Å². The van der Waals surface area contributed by atoms with Crippen LogP contribution in [0.3, 0.4) is 0 Å². The van der Waals surface area contributed by atoms with Gasteiger partial charge in [0.15, 0.2) is 0 Å². The monoisotopic (exact) mass is 164 g/mol. The molecule has 1 unspecified atom stereocenters. The second-order valence-electron chi connectivity index (χ2n) is 1.75. The van der Waals surface area contributed by atoms with E-state index < -0.39 is 11.4 Å². The SMILES string of the molecule is CC=CCCCOS(=O)O. The van der Waals surface area contributed by atoms with Crippen LogP contribution in [0.1, 0.15) is 19.8 Å². The van der Waals surface area contributed by atoms with E-state index in [9.17, 15) is 4.21 Å². The van der Waals surface area contributed by atoms with Gasteiger partial charge in [-0.2, -0.15) is 4.21 Å². The van der Waals surface area contributed by atoms with Crippen LogP contribution in [-0.2, 0) is 15.5 Å². The fourth-order valence-electron chi connectivity index (χ4n) is 0.498. The van der Waals surface area contributed by atoms with Crippen molar-refractivity contribution in [2.45, 2.75) is 19.8 Å². The Morgan fingerprint density at radius 2 is 2.40 bits per heavy atom. The molecule has 0 aromatic carbocycles. The average molecular weight is 164 g/mol. The Morgan fingerprint density at radius 1 is 1.70 bits per heavy atom. The summed E-state index contributed by atoms with van der Waals surface area (Å²) in [6.45, 7) is 2.28. The summed E-state index contributed by atoms with van der Waals surface area (Å²) in [5, 5.41) is 0. The molecule has 0 aromatic rings. The van der Waals surface area contributed by atoms with E-state index in [4.69, 9.17) is 4.55 Å². The van der Waals surface area contributed by atoms with Crippen LogP contribution >= 0.6 is 0 Å². The Morgan fingerprint density at radius 3 is 2.90 bits per heavy atom. The molecular weight excluding hydrogens is 152 g/mol. The van der Waals surface area contributed by atoms with Gasteiger partial charge in [-0.1, -0.05) is 12.2 Å². The minimum atomic E-state index is -2.10. The quantitative estimate of drug-likeness (QED) is 0.380. The molecule has 0 saturated heterocycles. The first-order chi connectivity index (χ1) is 4.77. The first-order valence-electron chi connectivity index (χ1n) is 3.12. The minimum absolute atomic E-state index is 0.341. The fourth-order valence-corrected chi connectivity index (χ4v) is 0.758. The second kappa shape index (κ2) is 6.92. The molecule has 0 spiro atoms. The van der Waals surface area contributed by atoms with E-state index in [1.54, 1.807) is 0 Å². The predicted molar refractivity (Wildman–Crippen MR) is 40.8 cm³/mol. The standard InChI is InChI=1S/C6H12O3S/c1-2-3-4-5-6-9-10(7)8/h2-3H,4-6H2,1H3,(H,7,8). The lowest BCUT2D eigenvalue weighted by Crippen LogP contribution is -1.96. The smallest absolute Gasteiger partial charge is 0.284 e. The van der Waals surface area contributed by atoms with Crippen LogP contribution in [0.5, 0.6) is 0 Å². The summed E-state index contributed by atoms with van der Waals surface area (Å²) >= 11 is -2.10. The Balaban J connectivity index is 2.98. The predicted octanol–water partition coefficient (Wildman–Crippen LogP) is 1.50. The maximum absolute atomic E-state index is 9.90. The molecule has 0 heterocycles. The van der Waals surface area contributed by atoms with Crippen molar-refractivity contribution in [3.8, 4) is 0 Å². The van der Waals surface area contributed by atoms with Gasteiger partial charge < -0.3 is 0 Å². The van der Waals surface area contributed by atoms with Crippen molar-refractivity contribution >= 4 is 11.4 Å². The zero-order valence-electron chi connectivity index (χ0n) is 5.95. The maximum Gasteiger partial charge on any atom is 0.301 e. The third-order valence-electron chi connectivity index (χ3n) is 0.935. The van der Waals surface area contributed by atoms with Crippen LogP contribution in [0.2, 0.25) is 0 Å². The second-order valence-corrected chi connectivity index (χ2v) is 2.42. The zero-order chi connectivity index (χ0) is 7.82. The van der Waals surface area contributed by atoms with Crippen molar-refractivity contribution < 1.29 is 12.9 Å². The van der Waals surface area contributed by atoms with Gasteiger partial charge >= 0.3 is 11.4 Å². The molecule has 0 aliphatic carbocycles. The van der Waals surface area contributed by atoms with Crippen LogP contribution < -0.4 is 0 Å². The summed E-state index contributed by atoms with van der Waals surface area (Å²) in [6.07, 6.45) is 5.61. The third-order valence-corrected chi connectivity index (χ3v) is 1.30. The molecule has 3 nitrogen and oxygen atoms in total. The molecule has 0 radical (unpaired) electrons. The highest BCUT2D eigenvalue weighted by atomic mass is 32.2. The molecule has 0 fully saturated rings. The summed E-state index contributed by atoms with van der Waals surface area (Å²) in [6, 6.07) is 0. The Bertz CT molecular complexity index is 122. The number of hydrogen-bond donors (Lipinski definition) is 1. The molecule has 0 amide bonds. The van der Waals surface area contributed by atoms with Crippen molar-refractivity contribution in [2.24, 2.45) is 0 Å². The van der Waals surface area contributed by atoms with Gasteiger partial charge in [-0.25, -0.2) is 0 Å². The molecular formula is C6H12O3S. The van der Waals surface area contributed by atoms with Crippen molar-refractivity contribution in [3.63, 3.8) is 0 Å². The lowest BCUT2D eigenvalue weighted by atomic mass is 10.3. The van der Waals surface area contributed by atoms with Gasteiger partial charge in [0.05, 0.1) is 6.61 Å². The molecule has 1 atom stereocenters. The number of unbranched alkanes of at least 4 members (excludes halogenated alkanes) is 1. The van der Waals surface area contributed by atoms with Crippen molar-refractivity contribution in [1.82, 2.24) is 0 Å². The van der Waals surface area contributed by atoms with E-state index in [1.807, 2.05) is 19.1 Å². The molecule has 0 aliphatic rings. The molecule has 0 rings (SSSR count). The van der Waals surface area contributed by atoms with Crippen molar-refractivity contribution in [1.29, 1.82) is 0 Å². The first-order valence-corrected chi connectivity index (χ1v) is 4.16. The largest absolute Gasteiger partial charge is 0.301 e. The fraction of sp³-hybridized carbons (Fsp3) is 0.667. The topological polar surface area (TPSA) is 46.5 Å². The van der Waals surface area contributed by atoms with Crippen molar-refractivity contribution in [2.75, 3.05) is 6.61 Å². The maximum atomic E-state index is 9.90. The van der Waals surface area contributed by atoms with Crippen LogP contribution in [-0.4, -0.2) is 15.4 Å². The van der Waals surface area contributed by atoms with Crippen LogP contribution in [0.4, 0.5) is 0 Å². The third kappa shape index (κ3) is 7.81. The Hall–Kier alpha value is -0.190. The van der Waals surface area contributed by atoms with Crippen LogP contribution in [0.15, 0.2) is 12.2 Å². The van der Waals surface area contributed by atoms with Gasteiger partial charge in [-0.3, -0.25) is 8.74 Å². The zero-order valence-corrected chi connectivity index (χ0v) is 6.76. The molecule has 0 bridgehead atoms. The van der Waals surface area contributed by atoms with E-state index in [2.05, 4.69) is 4.18 Å². The molecule has 10 heavy (non-hydrogen) atoms. The lowest BCUT2D eigenvalue weighted by Gasteiger charge is -1.93. The summed E-state index contributed by atoms with van der Waals surface area (Å²) < 4.78 is 22.4. The van der Waals surface area contributed by atoms with Crippen LogP contribution in [0.25, 0.3) is 0 Å². The number of rotatable bonds is 5. The molecule has 0 saturated carbocycles. The van der Waals surface area contributed by atoms with Gasteiger partial charge in [0.1, 0.15) is 0 Å². The van der Waals surface area contributed by atoms with Crippen molar-refractivity contribution in [3.05, 3.63) is 12.2 Å². The minimum Gasteiger partial charge on any atom is -0.284 e. The van der Waals surface area contributed by atoms with E-state index in [1.165, 1.54) is 0 Å². The highest BCUT2D eigenvalue weighted by Crippen LogP contribution is 1.92. The van der Waals surface area contributed by atoms with Crippen LogP contribution in [0, 0.1) is 0 Å². The molecule has 0 aliphatic heterocycles. The highest BCUT2D eigenvalue weighted by Gasteiger charge is 1.90. The average Bonchev–Trinajstić information content (AvgIpc) is 1.87. The lowest BCUT2D eigenvalue weighted by molar-refractivity contribution is 0.302. The first kappa shape index (κ1) is 9.81. The van der Waals surface area contributed by atoms with Gasteiger partial charge in [0.25, 0.3) is 0 Å². The summed E-state index contributed by atoms with van der Waals surface area (Å²) in [4.78, 5) is 0. The van der Waals surface area contributed by atoms with E-state index in [-0.39, 0.29) is 0 Å². The molecule has 4 heteroatoms. The highest BCUT2D eigenvalue weighted by molar-refractivity contribution is 7.74. The summed E-state index contributed by atoms with van der Waals surface area (Å²) in [5.41, 5.74) is 0. The number of allylic oxidation sites excluding steroid dienone is 2. The summed E-state index contributed by atoms with van der Waals surface area (Å²) in [7, 11) is 0. The van der Waals surface area contributed by atoms with E-state index in [0.29, 0.717) is 6.61 Å². The Labute approximate surface area is 63.6 Å². The van der Waals surface area contributed by atoms with Gasteiger partial charge in [-0.15, -0.1) is 0 Å². The molecule has 0 aromatic heterocycles. The normalized spacial score (nSPS) is 14.2. The van der Waals surface area contributed by atoms with E-state index in [0.717, 1.165) is 12.8 Å². The molecule has 1 N–H and O–H groups in total.